The number of nitrogens with zero attached hydrogens (tertiary/aromatic N) is 3. The number of carbonyl (C=O) groups is 1. The third-order valence-corrected chi connectivity index (χ3v) is 7.94. The first-order valence-electron chi connectivity index (χ1n) is 10.5. The molecule has 1 aromatic heterocycles. The van der Waals surface area contributed by atoms with Crippen molar-refractivity contribution in [2.45, 2.75) is 76.8 Å². The summed E-state index contributed by atoms with van der Waals surface area (Å²) in [5, 5.41) is 3.74. The predicted octanol–water partition coefficient (Wildman–Crippen LogP) is 2.07. The molecule has 164 valence electrons. The second-order valence-corrected chi connectivity index (χ2v) is 11.0. The second kappa shape index (κ2) is 8.35. The summed E-state index contributed by atoms with van der Waals surface area (Å²) in [6.45, 7) is 13.2. The van der Waals surface area contributed by atoms with Gasteiger partial charge in [-0.3, -0.25) is 9.69 Å². The third-order valence-electron chi connectivity index (χ3n) is 6.17. The van der Waals surface area contributed by atoms with Crippen molar-refractivity contribution in [3.8, 4) is 0 Å². The molecule has 1 saturated carbocycles. The molecule has 0 unspecified atom stereocenters. The zero-order valence-corrected chi connectivity index (χ0v) is 19.0. The fourth-order valence-electron chi connectivity index (χ4n) is 4.45. The number of carbonyl (C=O) groups excluding carboxylic acids is 1. The Kier molecular flexibility index (Phi) is 6.41. The quantitative estimate of drug-likeness (QED) is 0.792. The van der Waals surface area contributed by atoms with Gasteiger partial charge in [-0.25, -0.2) is 13.1 Å². The second-order valence-electron chi connectivity index (χ2n) is 9.31. The maximum absolute atomic E-state index is 12.9. The molecule has 29 heavy (non-hydrogen) atoms. The summed E-state index contributed by atoms with van der Waals surface area (Å²) in [6.07, 6.45) is 2.77. The van der Waals surface area contributed by atoms with Crippen LogP contribution < -0.4 is 4.72 Å². The van der Waals surface area contributed by atoms with E-state index in [1.807, 2.05) is 4.90 Å². The molecule has 2 fully saturated rings. The molecule has 1 N–H and O–H groups in total. The molecule has 2 aliphatic rings. The Morgan fingerprint density at radius 2 is 1.66 bits per heavy atom. The van der Waals surface area contributed by atoms with Crippen LogP contribution in [0.2, 0.25) is 0 Å². The van der Waals surface area contributed by atoms with E-state index in [0.29, 0.717) is 37.1 Å². The number of piperazine rings is 1. The lowest BCUT2D eigenvalue weighted by Crippen LogP contribution is -2.55. The highest BCUT2D eigenvalue weighted by atomic mass is 32.2. The van der Waals surface area contributed by atoms with E-state index in [2.05, 4.69) is 35.5 Å². The maximum atomic E-state index is 12.9. The average Bonchev–Trinajstić information content (AvgIpc) is 3.00. The molecule has 1 amide bonds. The van der Waals surface area contributed by atoms with Crippen molar-refractivity contribution < 1.29 is 17.7 Å². The number of amides is 1. The first-order chi connectivity index (χ1) is 13.5. The van der Waals surface area contributed by atoms with Crippen LogP contribution in [0.25, 0.3) is 0 Å². The number of sulfonamides is 1. The monoisotopic (exact) mass is 426 g/mol. The summed E-state index contributed by atoms with van der Waals surface area (Å²) in [5.74, 6) is 0.523. The minimum atomic E-state index is -3.66. The van der Waals surface area contributed by atoms with Crippen molar-refractivity contribution in [2.24, 2.45) is 5.92 Å². The van der Waals surface area contributed by atoms with Crippen molar-refractivity contribution in [3.63, 3.8) is 0 Å². The van der Waals surface area contributed by atoms with Gasteiger partial charge in [-0.1, -0.05) is 5.16 Å². The zero-order chi connectivity index (χ0) is 21.4. The normalized spacial score (nSPS) is 24.7. The topological polar surface area (TPSA) is 95.8 Å². The zero-order valence-electron chi connectivity index (χ0n) is 18.2. The number of hydrogen-bond acceptors (Lipinski definition) is 6. The van der Waals surface area contributed by atoms with Crippen molar-refractivity contribution in [1.82, 2.24) is 19.7 Å². The van der Waals surface area contributed by atoms with E-state index in [0.717, 1.165) is 26.2 Å². The highest BCUT2D eigenvalue weighted by Crippen LogP contribution is 2.29. The van der Waals surface area contributed by atoms with Crippen molar-refractivity contribution >= 4 is 15.9 Å². The minimum Gasteiger partial charge on any atom is -0.360 e. The standard InChI is InChI=1S/C20H34N4O4S/c1-14-18(15(2)28-21-14)29(26,27)22-17-8-6-16(7-9-17)19(25)23-10-12-24(13-11-23)20(3,4)5/h16-17,22H,6-13H2,1-5H3. The first kappa shape index (κ1) is 22.2. The molecule has 1 aromatic rings. The van der Waals surface area contributed by atoms with E-state index in [-0.39, 0.29) is 28.3 Å². The summed E-state index contributed by atoms with van der Waals surface area (Å²) >= 11 is 0. The van der Waals surface area contributed by atoms with Crippen molar-refractivity contribution in [2.75, 3.05) is 26.2 Å². The summed E-state index contributed by atoms with van der Waals surface area (Å²) in [7, 11) is -3.66. The number of rotatable bonds is 4. The number of nitrogens with one attached hydrogen (secondary N) is 1. The van der Waals surface area contributed by atoms with Gasteiger partial charge < -0.3 is 9.42 Å². The lowest BCUT2D eigenvalue weighted by atomic mass is 9.85. The molecule has 2 heterocycles. The van der Waals surface area contributed by atoms with E-state index in [1.165, 1.54) is 0 Å². The van der Waals surface area contributed by atoms with Gasteiger partial charge in [-0.2, -0.15) is 0 Å². The molecule has 0 radical (unpaired) electrons. The van der Waals surface area contributed by atoms with Crippen LogP contribution in [0.4, 0.5) is 0 Å². The van der Waals surface area contributed by atoms with Crippen molar-refractivity contribution in [3.05, 3.63) is 11.5 Å². The van der Waals surface area contributed by atoms with Crippen LogP contribution in [-0.2, 0) is 14.8 Å². The minimum absolute atomic E-state index is 0.00370. The summed E-state index contributed by atoms with van der Waals surface area (Å²) in [6, 6.07) is -0.157. The SMILES string of the molecule is Cc1noc(C)c1S(=O)(=O)NC1CCC(C(=O)N2CCN(C(C)(C)C)CC2)CC1. The van der Waals surface area contributed by atoms with Crippen LogP contribution in [0.5, 0.6) is 0 Å². The Bertz CT molecular complexity index is 808. The molecule has 9 heteroatoms. The van der Waals surface area contributed by atoms with Gasteiger partial charge in [0.25, 0.3) is 0 Å². The predicted molar refractivity (Wildman–Crippen MR) is 110 cm³/mol. The number of aryl methyl sites for hydroxylation is 2. The van der Waals surface area contributed by atoms with Crippen LogP contribution in [0, 0.1) is 19.8 Å². The molecular formula is C20H34N4O4S. The van der Waals surface area contributed by atoms with Gasteiger partial charge in [-0.15, -0.1) is 0 Å². The number of hydrogen-bond donors (Lipinski definition) is 1. The van der Waals surface area contributed by atoms with Gasteiger partial charge in [0, 0.05) is 43.7 Å². The molecule has 3 rings (SSSR count). The highest BCUT2D eigenvalue weighted by Gasteiger charge is 2.35. The first-order valence-corrected chi connectivity index (χ1v) is 12.0. The highest BCUT2D eigenvalue weighted by molar-refractivity contribution is 7.89. The van der Waals surface area contributed by atoms with E-state index < -0.39 is 10.0 Å². The lowest BCUT2D eigenvalue weighted by molar-refractivity contribution is -0.139. The van der Waals surface area contributed by atoms with Gasteiger partial charge >= 0.3 is 0 Å². The summed E-state index contributed by atoms with van der Waals surface area (Å²) in [4.78, 5) is 17.5. The molecule has 8 nitrogen and oxygen atoms in total. The number of aromatic nitrogens is 1. The van der Waals surface area contributed by atoms with Crippen LogP contribution in [0.15, 0.2) is 9.42 Å². The van der Waals surface area contributed by atoms with Gasteiger partial charge in [0.1, 0.15) is 10.6 Å². The van der Waals surface area contributed by atoms with E-state index in [9.17, 15) is 13.2 Å². The van der Waals surface area contributed by atoms with E-state index >= 15 is 0 Å². The van der Waals surface area contributed by atoms with Crippen LogP contribution in [0.1, 0.15) is 57.9 Å². The summed E-state index contributed by atoms with van der Waals surface area (Å²) < 4.78 is 33.1. The average molecular weight is 427 g/mol. The molecule has 0 bridgehead atoms. The molecular weight excluding hydrogens is 392 g/mol. The molecule has 1 aliphatic carbocycles. The lowest BCUT2D eigenvalue weighted by Gasteiger charge is -2.43. The molecule has 0 aromatic carbocycles. The Hall–Kier alpha value is -1.45. The molecule has 1 aliphatic heterocycles. The Morgan fingerprint density at radius 1 is 1.07 bits per heavy atom. The Morgan fingerprint density at radius 3 is 2.14 bits per heavy atom. The Labute approximate surface area is 174 Å². The van der Waals surface area contributed by atoms with Gasteiger partial charge in [0.15, 0.2) is 5.76 Å². The Balaban J connectivity index is 1.51. The van der Waals surface area contributed by atoms with Crippen LogP contribution >= 0.6 is 0 Å². The fourth-order valence-corrected chi connectivity index (χ4v) is 6.08. The maximum Gasteiger partial charge on any atom is 0.246 e. The smallest absolute Gasteiger partial charge is 0.246 e. The van der Waals surface area contributed by atoms with Gasteiger partial charge in [0.05, 0.1) is 0 Å². The summed E-state index contributed by atoms with van der Waals surface area (Å²) in [5.41, 5.74) is 0.499. The molecule has 0 spiro atoms. The van der Waals surface area contributed by atoms with E-state index in [4.69, 9.17) is 4.52 Å². The van der Waals surface area contributed by atoms with Crippen LogP contribution in [0.3, 0.4) is 0 Å². The van der Waals surface area contributed by atoms with Gasteiger partial charge in [0.2, 0.25) is 15.9 Å². The van der Waals surface area contributed by atoms with E-state index in [1.54, 1.807) is 13.8 Å². The third kappa shape index (κ3) is 5.00. The van der Waals surface area contributed by atoms with Gasteiger partial charge in [-0.05, 0) is 60.3 Å². The fraction of sp³-hybridized carbons (Fsp3) is 0.800. The molecule has 1 saturated heterocycles. The largest absolute Gasteiger partial charge is 0.360 e. The van der Waals surface area contributed by atoms with Crippen molar-refractivity contribution in [1.29, 1.82) is 0 Å². The van der Waals surface area contributed by atoms with Crippen LogP contribution in [-0.4, -0.2) is 67.0 Å². The molecule has 0 atom stereocenters.